The van der Waals surface area contributed by atoms with Gasteiger partial charge in [0.05, 0.1) is 16.7 Å². The lowest BCUT2D eigenvalue weighted by molar-refractivity contribution is -0.115. The number of carbonyl (C=O) groups excluding carboxylic acids is 2. The Labute approximate surface area is 145 Å². The van der Waals surface area contributed by atoms with Crippen molar-refractivity contribution in [2.75, 3.05) is 15.6 Å². The van der Waals surface area contributed by atoms with Crippen molar-refractivity contribution in [1.29, 1.82) is 0 Å². The van der Waals surface area contributed by atoms with Crippen LogP contribution in [-0.2, 0) is 22.4 Å². The Morgan fingerprint density at radius 1 is 0.880 bits per heavy atom. The largest absolute Gasteiger partial charge is 0.326 e. The van der Waals surface area contributed by atoms with E-state index in [0.717, 1.165) is 24.0 Å². The molecular formula is C18H18N4O3. The number of amides is 2. The maximum absolute atomic E-state index is 11.6. The van der Waals surface area contributed by atoms with E-state index in [1.165, 1.54) is 18.9 Å². The minimum absolute atomic E-state index is 0.187. The summed E-state index contributed by atoms with van der Waals surface area (Å²) in [7, 11) is 0. The zero-order valence-electron chi connectivity index (χ0n) is 14.0. The zero-order valence-corrected chi connectivity index (χ0v) is 14.0. The van der Waals surface area contributed by atoms with Gasteiger partial charge in [-0.3, -0.25) is 9.59 Å². The van der Waals surface area contributed by atoms with Gasteiger partial charge in [0.15, 0.2) is 0 Å². The summed E-state index contributed by atoms with van der Waals surface area (Å²) in [6.45, 7) is 2.85. The smallest absolute Gasteiger partial charge is 0.221 e. The lowest BCUT2D eigenvalue weighted by atomic mass is 10.0. The molecule has 2 aromatic rings. The monoisotopic (exact) mass is 338 g/mol. The number of carbonyl (C=O) groups is 2. The summed E-state index contributed by atoms with van der Waals surface area (Å²) in [6.07, 6.45) is 1.49. The van der Waals surface area contributed by atoms with Crippen molar-refractivity contribution in [3.8, 4) is 0 Å². The number of nitrogens with zero attached hydrogens (tertiary/aromatic N) is 2. The predicted octanol–water partition coefficient (Wildman–Crippen LogP) is 3.52. The van der Waals surface area contributed by atoms with Crippen molar-refractivity contribution < 1.29 is 9.59 Å². The van der Waals surface area contributed by atoms with Crippen LogP contribution in [0, 0.1) is 4.91 Å². The highest BCUT2D eigenvalue weighted by Crippen LogP contribution is 2.39. The van der Waals surface area contributed by atoms with Crippen LogP contribution < -0.4 is 15.6 Å². The van der Waals surface area contributed by atoms with Crippen LogP contribution in [0.1, 0.15) is 25.0 Å². The van der Waals surface area contributed by atoms with E-state index in [1.54, 1.807) is 12.1 Å². The molecule has 0 aromatic heterocycles. The molecule has 2 aromatic carbocycles. The number of aryl methyl sites for hydroxylation is 2. The number of rotatable bonds is 3. The average molecular weight is 338 g/mol. The van der Waals surface area contributed by atoms with E-state index >= 15 is 0 Å². The third kappa shape index (κ3) is 3.50. The van der Waals surface area contributed by atoms with E-state index in [1.807, 2.05) is 24.3 Å². The summed E-state index contributed by atoms with van der Waals surface area (Å²) in [6, 6.07) is 10.9. The molecule has 0 aliphatic carbocycles. The van der Waals surface area contributed by atoms with Gasteiger partial charge in [0.25, 0.3) is 0 Å². The Morgan fingerprint density at radius 2 is 1.32 bits per heavy atom. The van der Waals surface area contributed by atoms with Gasteiger partial charge in [-0.15, -0.1) is 4.91 Å². The molecule has 7 heteroatoms. The molecule has 0 unspecified atom stereocenters. The van der Waals surface area contributed by atoms with E-state index < -0.39 is 0 Å². The lowest BCUT2D eigenvalue weighted by Gasteiger charge is -2.19. The van der Waals surface area contributed by atoms with Crippen LogP contribution in [0.15, 0.2) is 41.7 Å². The van der Waals surface area contributed by atoms with E-state index in [0.29, 0.717) is 22.7 Å². The summed E-state index contributed by atoms with van der Waals surface area (Å²) in [5, 5.41) is 9.93. The van der Waals surface area contributed by atoms with Crippen LogP contribution in [0.3, 0.4) is 0 Å². The number of fused-ring (bicyclic) bond motifs is 2. The van der Waals surface area contributed by atoms with Crippen LogP contribution >= 0.6 is 0 Å². The fourth-order valence-electron chi connectivity index (χ4n) is 2.99. The van der Waals surface area contributed by atoms with Crippen LogP contribution in [0.2, 0.25) is 0 Å². The SMILES string of the molecule is CC(=O)Nc1ccc2c(c1)N(N=O)c1cc(NC(C)=O)ccc1CC2. The second-order valence-electron chi connectivity index (χ2n) is 5.94. The van der Waals surface area contributed by atoms with Gasteiger partial charge in [0.2, 0.25) is 11.8 Å². The van der Waals surface area contributed by atoms with E-state index in [9.17, 15) is 14.5 Å². The summed E-state index contributed by atoms with van der Waals surface area (Å²) < 4.78 is 0. The number of hydrogen-bond acceptors (Lipinski definition) is 4. The standard InChI is InChI=1S/C18H18N4O3/c1-11(23)19-15-7-5-13-3-4-14-6-8-16(20-12(2)24)10-18(14)22(21-25)17(13)9-15/h5-10H,3-4H2,1-2H3,(H,19,23)(H,20,24). The number of nitrogens with one attached hydrogen (secondary N) is 2. The Balaban J connectivity index is 2.08. The maximum atomic E-state index is 11.6. The van der Waals surface area contributed by atoms with Crippen molar-refractivity contribution in [3.05, 3.63) is 52.4 Å². The Morgan fingerprint density at radius 3 is 1.68 bits per heavy atom. The van der Waals surface area contributed by atoms with Crippen LogP contribution in [0.25, 0.3) is 0 Å². The molecule has 7 nitrogen and oxygen atoms in total. The minimum Gasteiger partial charge on any atom is -0.326 e. The fraction of sp³-hybridized carbons (Fsp3) is 0.222. The van der Waals surface area contributed by atoms with Gasteiger partial charge in [-0.25, -0.2) is 0 Å². The van der Waals surface area contributed by atoms with Crippen molar-refractivity contribution in [1.82, 2.24) is 0 Å². The van der Waals surface area contributed by atoms with Gasteiger partial charge < -0.3 is 10.6 Å². The first-order chi connectivity index (χ1) is 12.0. The molecule has 1 heterocycles. The fourth-order valence-corrected chi connectivity index (χ4v) is 2.99. The Kier molecular flexibility index (Phi) is 4.47. The molecule has 2 amide bonds. The highest BCUT2D eigenvalue weighted by atomic mass is 16.3. The second kappa shape index (κ2) is 6.72. The van der Waals surface area contributed by atoms with Gasteiger partial charge in [-0.2, -0.15) is 5.01 Å². The Bertz CT molecular complexity index is 796. The number of benzene rings is 2. The molecule has 25 heavy (non-hydrogen) atoms. The molecule has 0 atom stereocenters. The number of anilines is 4. The molecule has 1 aliphatic heterocycles. The highest BCUT2D eigenvalue weighted by Gasteiger charge is 2.22. The quantitative estimate of drug-likeness (QED) is 0.838. The number of nitroso groups, excluding NO2 is 1. The normalized spacial score (nSPS) is 12.5. The maximum Gasteiger partial charge on any atom is 0.221 e. The molecule has 3 rings (SSSR count). The van der Waals surface area contributed by atoms with Crippen molar-refractivity contribution in [3.63, 3.8) is 0 Å². The summed E-state index contributed by atoms with van der Waals surface area (Å²) in [4.78, 5) is 34.2. The minimum atomic E-state index is -0.187. The summed E-state index contributed by atoms with van der Waals surface area (Å²) in [5.74, 6) is -0.375. The number of hydrogen-bond donors (Lipinski definition) is 2. The first kappa shape index (κ1) is 16.6. The molecule has 0 spiro atoms. The highest BCUT2D eigenvalue weighted by molar-refractivity contribution is 5.91. The van der Waals surface area contributed by atoms with Crippen molar-refractivity contribution in [2.45, 2.75) is 26.7 Å². The van der Waals surface area contributed by atoms with Gasteiger partial charge in [0, 0.05) is 25.2 Å². The predicted molar refractivity (Wildman–Crippen MR) is 96.8 cm³/mol. The average Bonchev–Trinajstić information content (AvgIpc) is 2.69. The molecule has 0 bridgehead atoms. The molecule has 0 saturated carbocycles. The molecular weight excluding hydrogens is 320 g/mol. The third-order valence-corrected chi connectivity index (χ3v) is 4.01. The van der Waals surface area contributed by atoms with Crippen LogP contribution in [-0.4, -0.2) is 11.8 Å². The van der Waals surface area contributed by atoms with Gasteiger partial charge in [-0.1, -0.05) is 12.1 Å². The van der Waals surface area contributed by atoms with Gasteiger partial charge in [0.1, 0.15) is 0 Å². The van der Waals surface area contributed by atoms with Gasteiger partial charge >= 0.3 is 0 Å². The summed E-state index contributed by atoms with van der Waals surface area (Å²) in [5.41, 5.74) is 4.37. The third-order valence-electron chi connectivity index (χ3n) is 4.01. The first-order valence-electron chi connectivity index (χ1n) is 7.92. The lowest BCUT2D eigenvalue weighted by Crippen LogP contribution is -2.12. The zero-order chi connectivity index (χ0) is 18.0. The second-order valence-corrected chi connectivity index (χ2v) is 5.94. The van der Waals surface area contributed by atoms with E-state index in [-0.39, 0.29) is 11.8 Å². The Hall–Kier alpha value is -3.22. The van der Waals surface area contributed by atoms with Gasteiger partial charge in [-0.05, 0) is 48.2 Å². The summed E-state index contributed by atoms with van der Waals surface area (Å²) >= 11 is 0. The molecule has 0 saturated heterocycles. The molecule has 2 N–H and O–H groups in total. The van der Waals surface area contributed by atoms with Crippen LogP contribution in [0.4, 0.5) is 22.7 Å². The van der Waals surface area contributed by atoms with Crippen molar-refractivity contribution in [2.24, 2.45) is 5.29 Å². The molecule has 0 radical (unpaired) electrons. The van der Waals surface area contributed by atoms with Crippen LogP contribution in [0.5, 0.6) is 0 Å². The molecule has 0 fully saturated rings. The van der Waals surface area contributed by atoms with Crippen molar-refractivity contribution >= 4 is 34.6 Å². The topological polar surface area (TPSA) is 90.9 Å². The molecule has 1 aliphatic rings. The molecule has 128 valence electrons. The first-order valence-corrected chi connectivity index (χ1v) is 7.92. The van der Waals surface area contributed by atoms with E-state index in [2.05, 4.69) is 15.9 Å². The van der Waals surface area contributed by atoms with E-state index in [4.69, 9.17) is 0 Å².